The molecule has 23 heavy (non-hydrogen) atoms. The molecule has 1 amide bonds. The van der Waals surface area contributed by atoms with E-state index in [1.165, 1.54) is 6.42 Å². The van der Waals surface area contributed by atoms with E-state index in [4.69, 9.17) is 4.52 Å². The summed E-state index contributed by atoms with van der Waals surface area (Å²) in [5, 5.41) is 8.31. The van der Waals surface area contributed by atoms with E-state index in [1.54, 1.807) is 0 Å². The van der Waals surface area contributed by atoms with Gasteiger partial charge in [-0.25, -0.2) is 0 Å². The van der Waals surface area contributed by atoms with Gasteiger partial charge in [0.15, 0.2) is 0 Å². The lowest BCUT2D eigenvalue weighted by Gasteiger charge is -2.35. The number of hydrogen-bond acceptors (Lipinski definition) is 4. The van der Waals surface area contributed by atoms with Crippen LogP contribution >= 0.6 is 0 Å². The van der Waals surface area contributed by atoms with Crippen LogP contribution in [0.2, 0.25) is 0 Å². The van der Waals surface area contributed by atoms with Crippen LogP contribution in [0.15, 0.2) is 16.9 Å². The molecule has 6 heteroatoms. The van der Waals surface area contributed by atoms with Gasteiger partial charge < -0.3 is 9.42 Å². The quantitative estimate of drug-likeness (QED) is 0.869. The fourth-order valence-corrected chi connectivity index (χ4v) is 3.31. The summed E-state index contributed by atoms with van der Waals surface area (Å²) in [4.78, 5) is 14.8. The minimum Gasteiger partial charge on any atom is -0.361 e. The van der Waals surface area contributed by atoms with E-state index in [0.717, 1.165) is 48.5 Å². The van der Waals surface area contributed by atoms with Crippen molar-refractivity contribution in [3.63, 3.8) is 0 Å². The summed E-state index contributed by atoms with van der Waals surface area (Å²) in [6.07, 6.45) is 7.54. The average molecular weight is 316 g/mol. The Morgan fingerprint density at radius 1 is 1.35 bits per heavy atom. The second-order valence-electron chi connectivity index (χ2n) is 6.46. The zero-order valence-corrected chi connectivity index (χ0v) is 14.1. The molecule has 0 unspecified atom stereocenters. The van der Waals surface area contributed by atoms with Gasteiger partial charge in [0.05, 0.1) is 30.9 Å². The van der Waals surface area contributed by atoms with Crippen LogP contribution in [-0.4, -0.2) is 38.3 Å². The molecule has 0 radical (unpaired) electrons. The van der Waals surface area contributed by atoms with Gasteiger partial charge in [0.2, 0.25) is 5.91 Å². The molecule has 0 saturated carbocycles. The molecule has 0 aliphatic carbocycles. The smallest absolute Gasteiger partial charge is 0.227 e. The first-order valence-corrected chi connectivity index (χ1v) is 8.25. The van der Waals surface area contributed by atoms with Crippen molar-refractivity contribution < 1.29 is 9.32 Å². The van der Waals surface area contributed by atoms with E-state index in [1.807, 2.05) is 42.7 Å². The van der Waals surface area contributed by atoms with Crippen molar-refractivity contribution >= 4 is 5.91 Å². The summed E-state index contributed by atoms with van der Waals surface area (Å²) in [5.41, 5.74) is 2.88. The predicted octanol–water partition coefficient (Wildman–Crippen LogP) is 2.42. The van der Waals surface area contributed by atoms with Gasteiger partial charge in [0.1, 0.15) is 5.76 Å². The molecule has 0 bridgehead atoms. The SMILES string of the molecule is Cc1cnn(C[C@H]2CCCCN2C(=O)Cc2c(C)noc2C)c1. The lowest BCUT2D eigenvalue weighted by molar-refractivity contribution is -0.134. The molecule has 0 N–H and O–H groups in total. The Hall–Kier alpha value is -2.11. The number of rotatable bonds is 4. The predicted molar refractivity (Wildman–Crippen MR) is 86.0 cm³/mol. The van der Waals surface area contributed by atoms with Crippen molar-refractivity contribution in [3.8, 4) is 0 Å². The van der Waals surface area contributed by atoms with E-state index < -0.39 is 0 Å². The Bertz CT molecular complexity index is 669. The molecule has 1 aliphatic rings. The van der Waals surface area contributed by atoms with Crippen LogP contribution in [0.25, 0.3) is 0 Å². The first-order valence-electron chi connectivity index (χ1n) is 8.25. The molecule has 1 atom stereocenters. The van der Waals surface area contributed by atoms with Crippen molar-refractivity contribution in [2.24, 2.45) is 0 Å². The van der Waals surface area contributed by atoms with Crippen molar-refractivity contribution in [2.75, 3.05) is 6.54 Å². The first-order chi connectivity index (χ1) is 11.0. The number of nitrogens with zero attached hydrogens (tertiary/aromatic N) is 4. The molecule has 2 aromatic rings. The van der Waals surface area contributed by atoms with Crippen LogP contribution in [0.5, 0.6) is 0 Å². The van der Waals surface area contributed by atoms with E-state index in [9.17, 15) is 4.79 Å². The topological polar surface area (TPSA) is 64.2 Å². The van der Waals surface area contributed by atoms with Crippen molar-refractivity contribution in [1.29, 1.82) is 0 Å². The number of carbonyl (C=O) groups excluding carboxylic acids is 1. The number of amides is 1. The highest BCUT2D eigenvalue weighted by Crippen LogP contribution is 2.21. The van der Waals surface area contributed by atoms with E-state index >= 15 is 0 Å². The van der Waals surface area contributed by atoms with Gasteiger partial charge in [-0.1, -0.05) is 5.16 Å². The van der Waals surface area contributed by atoms with Crippen LogP contribution in [0.1, 0.15) is 41.8 Å². The van der Waals surface area contributed by atoms with Crippen LogP contribution in [0.3, 0.4) is 0 Å². The fraction of sp³-hybridized carbons (Fsp3) is 0.588. The third-order valence-electron chi connectivity index (χ3n) is 4.62. The molecule has 0 spiro atoms. The maximum absolute atomic E-state index is 12.8. The van der Waals surface area contributed by atoms with Crippen molar-refractivity contribution in [3.05, 3.63) is 35.0 Å². The Kier molecular flexibility index (Phi) is 4.50. The zero-order chi connectivity index (χ0) is 16.4. The van der Waals surface area contributed by atoms with Gasteiger partial charge in [0.25, 0.3) is 0 Å². The van der Waals surface area contributed by atoms with Crippen molar-refractivity contribution in [1.82, 2.24) is 19.8 Å². The standard InChI is InChI=1S/C17H24N4O2/c1-12-9-18-20(10-12)11-15-6-4-5-7-21(15)17(22)8-16-13(2)19-23-14(16)3/h9-10,15H,4-8,11H2,1-3H3/t15-/m1/s1. The largest absolute Gasteiger partial charge is 0.361 e. The molecule has 3 rings (SSSR count). The van der Waals surface area contributed by atoms with Crippen LogP contribution in [0.4, 0.5) is 0 Å². The number of carbonyl (C=O) groups is 1. The normalized spacial score (nSPS) is 18.4. The first kappa shape index (κ1) is 15.8. The Labute approximate surface area is 136 Å². The summed E-state index contributed by atoms with van der Waals surface area (Å²) in [7, 11) is 0. The van der Waals surface area contributed by atoms with Gasteiger partial charge in [-0.05, 0) is 45.6 Å². The molecule has 6 nitrogen and oxygen atoms in total. The summed E-state index contributed by atoms with van der Waals surface area (Å²) in [6, 6.07) is 0.219. The summed E-state index contributed by atoms with van der Waals surface area (Å²) < 4.78 is 7.12. The highest BCUT2D eigenvalue weighted by Gasteiger charge is 2.28. The highest BCUT2D eigenvalue weighted by molar-refractivity contribution is 5.79. The monoisotopic (exact) mass is 316 g/mol. The second-order valence-corrected chi connectivity index (χ2v) is 6.46. The van der Waals surface area contributed by atoms with E-state index in [0.29, 0.717) is 6.42 Å². The number of aryl methyl sites for hydroxylation is 3. The van der Waals surface area contributed by atoms with Crippen molar-refractivity contribution in [2.45, 2.75) is 59.0 Å². The number of piperidine rings is 1. The van der Waals surface area contributed by atoms with Crippen LogP contribution < -0.4 is 0 Å². The Morgan fingerprint density at radius 2 is 2.17 bits per heavy atom. The molecular formula is C17H24N4O2. The van der Waals surface area contributed by atoms with Gasteiger partial charge in [0, 0.05) is 18.3 Å². The molecule has 1 fully saturated rings. The van der Waals surface area contributed by atoms with Gasteiger partial charge >= 0.3 is 0 Å². The molecule has 2 aromatic heterocycles. The minimum atomic E-state index is 0.160. The highest BCUT2D eigenvalue weighted by atomic mass is 16.5. The third kappa shape index (κ3) is 3.46. The molecule has 3 heterocycles. The second kappa shape index (κ2) is 6.56. The number of hydrogen-bond donors (Lipinski definition) is 0. The lowest BCUT2D eigenvalue weighted by Crippen LogP contribution is -2.46. The van der Waals surface area contributed by atoms with Gasteiger partial charge in [-0.2, -0.15) is 5.10 Å². The fourth-order valence-electron chi connectivity index (χ4n) is 3.31. The summed E-state index contributed by atoms with van der Waals surface area (Å²) in [5.74, 6) is 0.903. The van der Waals surface area contributed by atoms with E-state index in [2.05, 4.69) is 10.3 Å². The number of aromatic nitrogens is 3. The summed E-state index contributed by atoms with van der Waals surface area (Å²) in [6.45, 7) is 7.38. The molecule has 124 valence electrons. The number of likely N-dealkylation sites (tertiary alicyclic amines) is 1. The van der Waals surface area contributed by atoms with Crippen LogP contribution in [0, 0.1) is 20.8 Å². The van der Waals surface area contributed by atoms with Gasteiger partial charge in [-0.15, -0.1) is 0 Å². The van der Waals surface area contributed by atoms with Crippen LogP contribution in [-0.2, 0) is 17.8 Å². The molecule has 1 aliphatic heterocycles. The molecular weight excluding hydrogens is 292 g/mol. The lowest BCUT2D eigenvalue weighted by atomic mass is 10.0. The average Bonchev–Trinajstić information content (AvgIpc) is 3.08. The zero-order valence-electron chi connectivity index (χ0n) is 14.1. The molecule has 0 aromatic carbocycles. The maximum atomic E-state index is 12.8. The minimum absolute atomic E-state index is 0.160. The molecule has 1 saturated heterocycles. The Morgan fingerprint density at radius 3 is 2.83 bits per heavy atom. The summed E-state index contributed by atoms with van der Waals surface area (Å²) >= 11 is 0. The third-order valence-corrected chi connectivity index (χ3v) is 4.62. The maximum Gasteiger partial charge on any atom is 0.227 e. The Balaban J connectivity index is 1.71. The van der Waals surface area contributed by atoms with E-state index in [-0.39, 0.29) is 11.9 Å². The van der Waals surface area contributed by atoms with Gasteiger partial charge in [-0.3, -0.25) is 9.48 Å².